The third kappa shape index (κ3) is 3.15. The van der Waals surface area contributed by atoms with E-state index in [1.807, 2.05) is 0 Å². The number of hydrogen-bond donors (Lipinski definition) is 1. The van der Waals surface area contributed by atoms with Gasteiger partial charge in [-0.2, -0.15) is 11.8 Å². The maximum atomic E-state index is 5.61. The molecule has 0 aromatic heterocycles. The first-order chi connectivity index (χ1) is 6.29. The Bertz CT molecular complexity index is 135. The van der Waals surface area contributed by atoms with Crippen LogP contribution in [0.3, 0.4) is 0 Å². The first kappa shape index (κ1) is 11.3. The lowest BCUT2D eigenvalue weighted by molar-refractivity contribution is 0.175. The fraction of sp³-hybridized carbons (Fsp3) is 1.00. The van der Waals surface area contributed by atoms with Gasteiger partial charge in [-0.05, 0) is 38.6 Å². The zero-order chi connectivity index (χ0) is 9.68. The van der Waals surface area contributed by atoms with Gasteiger partial charge in [0.2, 0.25) is 0 Å². The third-order valence-corrected chi connectivity index (χ3v) is 4.17. The van der Waals surface area contributed by atoms with Crippen LogP contribution < -0.4 is 5.73 Å². The quantitative estimate of drug-likeness (QED) is 0.733. The second-order valence-electron chi connectivity index (χ2n) is 3.82. The molecule has 2 N–H and O–H groups in total. The van der Waals surface area contributed by atoms with E-state index in [1.165, 1.54) is 24.3 Å². The lowest BCUT2D eigenvalue weighted by Gasteiger charge is -2.31. The summed E-state index contributed by atoms with van der Waals surface area (Å²) in [5, 5.41) is 0. The molecule has 1 heterocycles. The van der Waals surface area contributed by atoms with E-state index in [2.05, 4.69) is 30.6 Å². The Hall–Kier alpha value is 0.270. The molecule has 0 radical (unpaired) electrons. The topological polar surface area (TPSA) is 29.3 Å². The van der Waals surface area contributed by atoms with Gasteiger partial charge in [0.1, 0.15) is 0 Å². The normalized spacial score (nSPS) is 25.4. The van der Waals surface area contributed by atoms with Crippen molar-refractivity contribution in [1.29, 1.82) is 0 Å². The van der Waals surface area contributed by atoms with E-state index < -0.39 is 0 Å². The fourth-order valence-electron chi connectivity index (χ4n) is 2.03. The number of hydrogen-bond acceptors (Lipinski definition) is 3. The number of nitrogens with two attached hydrogens (primary N) is 1. The summed E-state index contributed by atoms with van der Waals surface area (Å²) in [7, 11) is 2.26. The van der Waals surface area contributed by atoms with Crippen LogP contribution in [0.4, 0.5) is 0 Å². The van der Waals surface area contributed by atoms with E-state index in [4.69, 9.17) is 5.73 Å². The van der Waals surface area contributed by atoms with Gasteiger partial charge >= 0.3 is 0 Å². The molecule has 2 atom stereocenters. The van der Waals surface area contributed by atoms with Crippen molar-refractivity contribution in [3.05, 3.63) is 0 Å². The van der Waals surface area contributed by atoms with Crippen molar-refractivity contribution >= 4 is 11.8 Å². The van der Waals surface area contributed by atoms with Crippen molar-refractivity contribution in [1.82, 2.24) is 4.90 Å². The molecule has 0 aliphatic carbocycles. The highest BCUT2D eigenvalue weighted by molar-refractivity contribution is 7.99. The second kappa shape index (κ2) is 5.89. The molecule has 0 spiro atoms. The molecule has 1 rings (SSSR count). The molecule has 0 amide bonds. The SMILES string of the molecule is CCC(CCN)N(C)C1CCSC1. The predicted octanol–water partition coefficient (Wildman–Crippen LogP) is 1.55. The summed E-state index contributed by atoms with van der Waals surface area (Å²) in [4.78, 5) is 2.55. The summed E-state index contributed by atoms with van der Waals surface area (Å²) in [5.41, 5.74) is 5.61. The van der Waals surface area contributed by atoms with Gasteiger partial charge in [0.05, 0.1) is 0 Å². The molecule has 2 unspecified atom stereocenters. The minimum absolute atomic E-state index is 0.702. The van der Waals surface area contributed by atoms with Crippen molar-refractivity contribution in [2.24, 2.45) is 5.73 Å². The summed E-state index contributed by atoms with van der Waals surface area (Å²) in [5.74, 6) is 2.66. The van der Waals surface area contributed by atoms with E-state index in [0.717, 1.165) is 19.0 Å². The highest BCUT2D eigenvalue weighted by Gasteiger charge is 2.24. The molecular weight excluding hydrogens is 180 g/mol. The molecule has 0 bridgehead atoms. The number of nitrogens with zero attached hydrogens (tertiary/aromatic N) is 1. The van der Waals surface area contributed by atoms with Crippen LogP contribution in [0, 0.1) is 0 Å². The number of thioether (sulfide) groups is 1. The molecule has 2 nitrogen and oxygen atoms in total. The lowest BCUT2D eigenvalue weighted by atomic mass is 10.1. The van der Waals surface area contributed by atoms with Gasteiger partial charge < -0.3 is 5.73 Å². The first-order valence-corrected chi connectivity index (χ1v) is 6.44. The Kier molecular flexibility index (Phi) is 5.14. The molecule has 1 saturated heterocycles. The summed E-state index contributed by atoms with van der Waals surface area (Å²) < 4.78 is 0. The van der Waals surface area contributed by atoms with Crippen LogP contribution in [0.25, 0.3) is 0 Å². The molecule has 78 valence electrons. The van der Waals surface area contributed by atoms with Crippen LogP contribution in [0.1, 0.15) is 26.2 Å². The zero-order valence-corrected chi connectivity index (χ0v) is 9.65. The summed E-state index contributed by atoms with van der Waals surface area (Å²) in [6, 6.07) is 1.51. The largest absolute Gasteiger partial charge is 0.330 e. The van der Waals surface area contributed by atoms with Gasteiger partial charge in [0, 0.05) is 17.8 Å². The fourth-order valence-corrected chi connectivity index (χ4v) is 3.31. The van der Waals surface area contributed by atoms with Gasteiger partial charge in [-0.25, -0.2) is 0 Å². The Morgan fingerprint density at radius 1 is 1.62 bits per heavy atom. The summed E-state index contributed by atoms with van der Waals surface area (Å²) in [6.45, 7) is 3.08. The third-order valence-electron chi connectivity index (χ3n) is 3.03. The van der Waals surface area contributed by atoms with E-state index in [-0.39, 0.29) is 0 Å². The maximum Gasteiger partial charge on any atom is 0.0194 e. The summed E-state index contributed by atoms with van der Waals surface area (Å²) in [6.07, 6.45) is 3.74. The van der Waals surface area contributed by atoms with Crippen LogP contribution in [0.2, 0.25) is 0 Å². The molecule has 3 heteroatoms. The van der Waals surface area contributed by atoms with Crippen LogP contribution in [-0.4, -0.2) is 42.1 Å². The predicted molar refractivity (Wildman–Crippen MR) is 61.2 cm³/mol. The summed E-state index contributed by atoms with van der Waals surface area (Å²) >= 11 is 2.08. The van der Waals surface area contributed by atoms with Gasteiger partial charge in [-0.1, -0.05) is 6.92 Å². The molecule has 0 saturated carbocycles. The van der Waals surface area contributed by atoms with Crippen molar-refractivity contribution in [2.45, 2.75) is 38.3 Å². The molecule has 1 aliphatic heterocycles. The minimum atomic E-state index is 0.702. The van der Waals surface area contributed by atoms with Crippen molar-refractivity contribution in [3.8, 4) is 0 Å². The van der Waals surface area contributed by atoms with Crippen LogP contribution >= 0.6 is 11.8 Å². The average Bonchev–Trinajstić information content (AvgIpc) is 2.65. The monoisotopic (exact) mass is 202 g/mol. The van der Waals surface area contributed by atoms with Crippen molar-refractivity contribution < 1.29 is 0 Å². The van der Waals surface area contributed by atoms with Crippen LogP contribution in [0.15, 0.2) is 0 Å². The van der Waals surface area contributed by atoms with Crippen LogP contribution in [0.5, 0.6) is 0 Å². The second-order valence-corrected chi connectivity index (χ2v) is 4.97. The standard InChI is InChI=1S/C10H22N2S/c1-3-9(4-6-11)12(2)10-5-7-13-8-10/h9-10H,3-8,11H2,1-2H3. The van der Waals surface area contributed by atoms with Crippen LogP contribution in [-0.2, 0) is 0 Å². The van der Waals surface area contributed by atoms with Crippen molar-refractivity contribution in [2.75, 3.05) is 25.1 Å². The lowest BCUT2D eigenvalue weighted by Crippen LogP contribution is -2.41. The van der Waals surface area contributed by atoms with E-state index >= 15 is 0 Å². The Labute approximate surface area is 86.2 Å². The van der Waals surface area contributed by atoms with E-state index in [1.54, 1.807) is 0 Å². The Morgan fingerprint density at radius 2 is 2.38 bits per heavy atom. The van der Waals surface area contributed by atoms with Gasteiger partial charge in [0.25, 0.3) is 0 Å². The molecule has 0 aromatic carbocycles. The average molecular weight is 202 g/mol. The molecule has 13 heavy (non-hydrogen) atoms. The van der Waals surface area contributed by atoms with E-state index in [9.17, 15) is 0 Å². The van der Waals surface area contributed by atoms with Crippen molar-refractivity contribution in [3.63, 3.8) is 0 Å². The smallest absolute Gasteiger partial charge is 0.0194 e. The maximum absolute atomic E-state index is 5.61. The Balaban J connectivity index is 2.37. The van der Waals surface area contributed by atoms with Gasteiger partial charge in [-0.15, -0.1) is 0 Å². The molecule has 1 aliphatic rings. The van der Waals surface area contributed by atoms with E-state index in [0.29, 0.717) is 6.04 Å². The number of rotatable bonds is 5. The highest BCUT2D eigenvalue weighted by atomic mass is 32.2. The molecular formula is C10H22N2S. The minimum Gasteiger partial charge on any atom is -0.330 e. The highest BCUT2D eigenvalue weighted by Crippen LogP contribution is 2.24. The zero-order valence-electron chi connectivity index (χ0n) is 8.83. The molecule has 1 fully saturated rings. The first-order valence-electron chi connectivity index (χ1n) is 5.29. The Morgan fingerprint density at radius 3 is 2.85 bits per heavy atom. The molecule has 0 aromatic rings. The van der Waals surface area contributed by atoms with Gasteiger partial charge in [0.15, 0.2) is 0 Å². The van der Waals surface area contributed by atoms with Gasteiger partial charge in [-0.3, -0.25) is 4.90 Å².